The van der Waals surface area contributed by atoms with Gasteiger partial charge in [-0.15, -0.1) is 0 Å². The number of hydrogen-bond donors (Lipinski definition) is 1. The molecule has 20 heavy (non-hydrogen) atoms. The fourth-order valence-electron chi connectivity index (χ4n) is 1.99. The highest BCUT2D eigenvalue weighted by atomic mass is 19.1. The van der Waals surface area contributed by atoms with Gasteiger partial charge in [-0.3, -0.25) is 9.59 Å². The number of morpholine rings is 1. The van der Waals surface area contributed by atoms with Crippen molar-refractivity contribution in [1.29, 1.82) is 0 Å². The topological polar surface area (TPSA) is 58.6 Å². The summed E-state index contributed by atoms with van der Waals surface area (Å²) in [5, 5.41) is 2.69. The Hall–Kier alpha value is -1.95. The van der Waals surface area contributed by atoms with Crippen molar-refractivity contribution in [1.82, 2.24) is 10.2 Å². The first-order valence-electron chi connectivity index (χ1n) is 6.42. The quantitative estimate of drug-likeness (QED) is 0.865. The van der Waals surface area contributed by atoms with Crippen LogP contribution in [0, 0.1) is 5.82 Å². The van der Waals surface area contributed by atoms with Gasteiger partial charge < -0.3 is 15.0 Å². The van der Waals surface area contributed by atoms with Crippen LogP contribution in [-0.4, -0.2) is 49.6 Å². The highest BCUT2D eigenvalue weighted by molar-refractivity contribution is 5.79. The molecule has 1 saturated heterocycles. The van der Waals surface area contributed by atoms with Gasteiger partial charge in [0.2, 0.25) is 11.8 Å². The molecule has 1 heterocycles. The molecule has 1 atom stereocenters. The number of halogens is 1. The van der Waals surface area contributed by atoms with Crippen LogP contribution in [0.3, 0.4) is 0 Å². The first-order chi connectivity index (χ1) is 9.56. The van der Waals surface area contributed by atoms with Crippen LogP contribution in [0.5, 0.6) is 0 Å². The zero-order valence-corrected chi connectivity index (χ0v) is 11.3. The van der Waals surface area contributed by atoms with E-state index in [-0.39, 0.29) is 36.8 Å². The number of benzene rings is 1. The SMILES string of the molecule is CN1CC(CNC(=O)Cc2ccccc2F)OCC1=O. The minimum atomic E-state index is -0.387. The molecule has 0 bridgehead atoms. The number of carbonyl (C=O) groups excluding carboxylic acids is 2. The largest absolute Gasteiger partial charge is 0.365 e. The summed E-state index contributed by atoms with van der Waals surface area (Å²) in [5.74, 6) is -0.723. The Bertz CT molecular complexity index is 507. The molecule has 1 aliphatic rings. The van der Waals surface area contributed by atoms with Gasteiger partial charge in [-0.25, -0.2) is 4.39 Å². The fourth-order valence-corrected chi connectivity index (χ4v) is 1.99. The first-order valence-corrected chi connectivity index (χ1v) is 6.42. The van der Waals surface area contributed by atoms with Crippen molar-refractivity contribution in [3.05, 3.63) is 35.6 Å². The van der Waals surface area contributed by atoms with Gasteiger partial charge in [0, 0.05) is 20.1 Å². The molecule has 2 rings (SSSR count). The summed E-state index contributed by atoms with van der Waals surface area (Å²) in [6, 6.07) is 6.18. The molecule has 0 saturated carbocycles. The van der Waals surface area contributed by atoms with E-state index in [4.69, 9.17) is 4.74 Å². The normalized spacial score (nSPS) is 19.0. The predicted octanol–water partition coefficient (Wildman–Crippen LogP) is 0.342. The molecule has 0 spiro atoms. The number of ether oxygens (including phenoxy) is 1. The second-order valence-corrected chi connectivity index (χ2v) is 4.78. The number of carbonyl (C=O) groups is 2. The van der Waals surface area contributed by atoms with Gasteiger partial charge in [-0.2, -0.15) is 0 Å². The average molecular weight is 280 g/mol. The average Bonchev–Trinajstić information content (AvgIpc) is 2.43. The van der Waals surface area contributed by atoms with Crippen LogP contribution >= 0.6 is 0 Å². The Kier molecular flexibility index (Phi) is 4.68. The standard InChI is InChI=1S/C14H17FN2O3/c1-17-8-11(20-9-14(17)19)7-16-13(18)6-10-4-2-3-5-12(10)15/h2-5,11H,6-9H2,1H3,(H,16,18). The second-order valence-electron chi connectivity index (χ2n) is 4.78. The number of nitrogens with zero attached hydrogens (tertiary/aromatic N) is 1. The maximum absolute atomic E-state index is 13.4. The summed E-state index contributed by atoms with van der Waals surface area (Å²) in [6.07, 6.45) is -0.226. The number of amides is 2. The Morgan fingerprint density at radius 1 is 1.50 bits per heavy atom. The van der Waals surface area contributed by atoms with Gasteiger partial charge in [0.15, 0.2) is 0 Å². The maximum Gasteiger partial charge on any atom is 0.248 e. The van der Waals surface area contributed by atoms with Crippen molar-refractivity contribution in [2.45, 2.75) is 12.5 Å². The van der Waals surface area contributed by atoms with Gasteiger partial charge in [0.1, 0.15) is 12.4 Å². The number of rotatable bonds is 4. The van der Waals surface area contributed by atoms with E-state index in [9.17, 15) is 14.0 Å². The molecule has 1 aromatic carbocycles. The third-order valence-electron chi connectivity index (χ3n) is 3.18. The lowest BCUT2D eigenvalue weighted by Gasteiger charge is -2.29. The molecule has 108 valence electrons. The Balaban J connectivity index is 1.78. The lowest BCUT2D eigenvalue weighted by Crippen LogP contribution is -2.48. The Morgan fingerprint density at radius 2 is 2.25 bits per heavy atom. The van der Waals surface area contributed by atoms with E-state index in [1.807, 2.05) is 0 Å². The van der Waals surface area contributed by atoms with Crippen LogP contribution in [-0.2, 0) is 20.7 Å². The summed E-state index contributed by atoms with van der Waals surface area (Å²) < 4.78 is 18.7. The molecular weight excluding hydrogens is 263 g/mol. The summed E-state index contributed by atoms with van der Waals surface area (Å²) in [6.45, 7) is 0.786. The highest BCUT2D eigenvalue weighted by Gasteiger charge is 2.23. The Morgan fingerprint density at radius 3 is 2.95 bits per heavy atom. The fraction of sp³-hybridized carbons (Fsp3) is 0.429. The molecule has 1 aliphatic heterocycles. The first kappa shape index (κ1) is 14.5. The third-order valence-corrected chi connectivity index (χ3v) is 3.18. The second kappa shape index (κ2) is 6.47. The smallest absolute Gasteiger partial charge is 0.248 e. The summed E-state index contributed by atoms with van der Waals surface area (Å²) in [5.41, 5.74) is 0.363. The predicted molar refractivity (Wildman–Crippen MR) is 70.5 cm³/mol. The van der Waals surface area contributed by atoms with Crippen molar-refractivity contribution < 1.29 is 18.7 Å². The summed E-state index contributed by atoms with van der Waals surface area (Å²) in [7, 11) is 1.69. The molecule has 1 N–H and O–H groups in total. The van der Waals surface area contributed by atoms with Gasteiger partial charge >= 0.3 is 0 Å². The van der Waals surface area contributed by atoms with E-state index in [1.54, 1.807) is 30.1 Å². The van der Waals surface area contributed by atoms with Crippen molar-refractivity contribution in [2.75, 3.05) is 26.7 Å². The van der Waals surface area contributed by atoms with Crippen molar-refractivity contribution in [2.24, 2.45) is 0 Å². The molecular formula is C14H17FN2O3. The van der Waals surface area contributed by atoms with E-state index in [0.29, 0.717) is 18.7 Å². The Labute approximate surface area is 116 Å². The molecule has 0 aliphatic carbocycles. The zero-order chi connectivity index (χ0) is 14.5. The highest BCUT2D eigenvalue weighted by Crippen LogP contribution is 2.07. The molecule has 2 amide bonds. The summed E-state index contributed by atoms with van der Waals surface area (Å²) >= 11 is 0. The van der Waals surface area contributed by atoms with Crippen molar-refractivity contribution in [3.63, 3.8) is 0 Å². The molecule has 1 fully saturated rings. The van der Waals surface area contributed by atoms with E-state index in [2.05, 4.69) is 5.32 Å². The third kappa shape index (κ3) is 3.77. The van der Waals surface area contributed by atoms with Gasteiger partial charge in [0.05, 0.1) is 12.5 Å². The van der Waals surface area contributed by atoms with Crippen molar-refractivity contribution in [3.8, 4) is 0 Å². The monoisotopic (exact) mass is 280 g/mol. The molecule has 6 heteroatoms. The number of hydrogen-bond acceptors (Lipinski definition) is 3. The lowest BCUT2D eigenvalue weighted by molar-refractivity contribution is -0.146. The minimum Gasteiger partial charge on any atom is -0.365 e. The van der Waals surface area contributed by atoms with Crippen LogP contribution in [0.1, 0.15) is 5.56 Å². The van der Waals surface area contributed by atoms with E-state index >= 15 is 0 Å². The molecule has 0 radical (unpaired) electrons. The molecule has 5 nitrogen and oxygen atoms in total. The summed E-state index contributed by atoms with van der Waals surface area (Å²) in [4.78, 5) is 24.5. The van der Waals surface area contributed by atoms with Crippen LogP contribution in [0.25, 0.3) is 0 Å². The van der Waals surface area contributed by atoms with Gasteiger partial charge in [0.25, 0.3) is 0 Å². The number of likely N-dealkylation sites (N-methyl/N-ethyl adjacent to an activating group) is 1. The van der Waals surface area contributed by atoms with Crippen molar-refractivity contribution >= 4 is 11.8 Å². The van der Waals surface area contributed by atoms with Crippen LogP contribution in [0.15, 0.2) is 24.3 Å². The minimum absolute atomic E-state index is 0.00579. The zero-order valence-electron chi connectivity index (χ0n) is 11.3. The lowest BCUT2D eigenvalue weighted by atomic mass is 10.1. The molecule has 1 aromatic rings. The number of nitrogens with one attached hydrogen (secondary N) is 1. The van der Waals surface area contributed by atoms with Crippen LogP contribution < -0.4 is 5.32 Å². The van der Waals surface area contributed by atoms with E-state index < -0.39 is 0 Å². The maximum atomic E-state index is 13.4. The van der Waals surface area contributed by atoms with Gasteiger partial charge in [-0.05, 0) is 11.6 Å². The van der Waals surface area contributed by atoms with Crippen LogP contribution in [0.4, 0.5) is 4.39 Å². The molecule has 1 unspecified atom stereocenters. The molecule has 0 aromatic heterocycles. The van der Waals surface area contributed by atoms with E-state index in [0.717, 1.165) is 0 Å². The van der Waals surface area contributed by atoms with Gasteiger partial charge in [-0.1, -0.05) is 18.2 Å². The van der Waals surface area contributed by atoms with E-state index in [1.165, 1.54) is 6.07 Å². The van der Waals surface area contributed by atoms with Crippen LogP contribution in [0.2, 0.25) is 0 Å².